The molecule has 1 amide bonds. The molecule has 1 aromatic carbocycles. The Bertz CT molecular complexity index is 1040. The lowest BCUT2D eigenvalue weighted by molar-refractivity contribution is -0.143. The normalized spacial score (nSPS) is 20.3. The van der Waals surface area contributed by atoms with Gasteiger partial charge in [0.1, 0.15) is 24.2 Å². The number of unbranched alkanes of at least 4 members (excludes halogenated alkanes) is 1. The molecule has 2 aliphatic rings. The molecule has 0 aliphatic heterocycles. The van der Waals surface area contributed by atoms with Crippen molar-refractivity contribution in [3.05, 3.63) is 53.6 Å². The average Bonchev–Trinajstić information content (AvgIpc) is 2.91. The first-order valence-corrected chi connectivity index (χ1v) is 13.4. The molecular weight excluding hydrogens is 486 g/mol. The van der Waals surface area contributed by atoms with Crippen molar-refractivity contribution >= 4 is 17.7 Å². The lowest BCUT2D eigenvalue weighted by Crippen LogP contribution is -2.40. The van der Waals surface area contributed by atoms with E-state index in [1.165, 1.54) is 0 Å². The largest absolute Gasteiger partial charge is 0.493 e. The van der Waals surface area contributed by atoms with Gasteiger partial charge in [-0.15, -0.1) is 0 Å². The van der Waals surface area contributed by atoms with Gasteiger partial charge in [-0.1, -0.05) is 0 Å². The summed E-state index contributed by atoms with van der Waals surface area (Å²) in [7, 11) is 0. The minimum absolute atomic E-state index is 0.104. The number of carbonyl (C=O) groups excluding carboxylic acids is 2. The predicted octanol–water partition coefficient (Wildman–Crippen LogP) is 4.22. The van der Waals surface area contributed by atoms with Gasteiger partial charge < -0.3 is 30.1 Å². The number of nitrogens with one attached hydrogen (secondary N) is 1. The third-order valence-electron chi connectivity index (χ3n) is 6.17. The van der Waals surface area contributed by atoms with Crippen LogP contribution in [0.15, 0.2) is 53.2 Å². The number of rotatable bonds is 13. The zero-order chi connectivity index (χ0) is 27.2. The molecule has 0 saturated heterocycles. The molecule has 2 aliphatic carbocycles. The fraction of sp³-hybridized carbons (Fsp3) is 0.517. The number of hydrogen-bond donors (Lipinski definition) is 2. The Hall–Kier alpha value is -3.55. The zero-order valence-electron chi connectivity index (χ0n) is 22.3. The van der Waals surface area contributed by atoms with E-state index in [0.717, 1.165) is 31.3 Å². The minimum Gasteiger partial charge on any atom is -0.493 e. The minimum atomic E-state index is -0.330. The molecule has 206 valence electrons. The van der Waals surface area contributed by atoms with E-state index in [1.807, 2.05) is 31.2 Å². The second kappa shape index (κ2) is 15.6. The highest BCUT2D eigenvalue weighted by Crippen LogP contribution is 2.26. The number of esters is 1. The van der Waals surface area contributed by atoms with Crippen molar-refractivity contribution in [1.82, 2.24) is 5.32 Å². The number of ether oxygens (including phenoxy) is 3. The molecule has 9 heteroatoms. The molecular formula is C29H39N3O6. The molecule has 0 heterocycles. The molecule has 0 bridgehead atoms. The highest BCUT2D eigenvalue weighted by atomic mass is 16.6. The van der Waals surface area contributed by atoms with Gasteiger partial charge in [-0.2, -0.15) is 0 Å². The summed E-state index contributed by atoms with van der Waals surface area (Å²) in [6, 6.07) is 5.53. The fourth-order valence-electron chi connectivity index (χ4n) is 4.16. The average molecular weight is 526 g/mol. The molecule has 0 unspecified atom stereocenters. The number of benzene rings is 1. The summed E-state index contributed by atoms with van der Waals surface area (Å²) < 4.78 is 17.0. The summed E-state index contributed by atoms with van der Waals surface area (Å²) >= 11 is 0. The van der Waals surface area contributed by atoms with Crippen LogP contribution in [0.5, 0.6) is 11.5 Å². The van der Waals surface area contributed by atoms with Gasteiger partial charge in [0.2, 0.25) is 0 Å². The van der Waals surface area contributed by atoms with Gasteiger partial charge in [-0.05, 0) is 94.0 Å². The van der Waals surface area contributed by atoms with E-state index in [4.69, 9.17) is 24.8 Å². The summed E-state index contributed by atoms with van der Waals surface area (Å²) in [5.41, 5.74) is 7.24. The first kappa shape index (κ1) is 29.0. The molecule has 0 atom stereocenters. The molecule has 38 heavy (non-hydrogen) atoms. The Balaban J connectivity index is 1.66. The van der Waals surface area contributed by atoms with Crippen molar-refractivity contribution in [3.8, 4) is 11.5 Å². The maximum atomic E-state index is 13.1. The van der Waals surface area contributed by atoms with Crippen molar-refractivity contribution in [2.24, 2.45) is 10.9 Å². The lowest BCUT2D eigenvalue weighted by Gasteiger charge is -2.27. The van der Waals surface area contributed by atoms with Crippen LogP contribution in [-0.2, 0) is 14.4 Å². The molecule has 3 rings (SSSR count). The van der Waals surface area contributed by atoms with Crippen molar-refractivity contribution in [1.29, 1.82) is 0 Å². The van der Waals surface area contributed by atoms with E-state index in [2.05, 4.69) is 16.3 Å². The number of allylic oxidation sites excluding steroid dienone is 3. The Labute approximate surface area is 224 Å². The summed E-state index contributed by atoms with van der Waals surface area (Å²) in [4.78, 5) is 29.6. The highest BCUT2D eigenvalue weighted by molar-refractivity contribution is 5.95. The Morgan fingerprint density at radius 2 is 1.76 bits per heavy atom. The third-order valence-corrected chi connectivity index (χ3v) is 6.17. The van der Waals surface area contributed by atoms with Crippen LogP contribution < -0.4 is 20.5 Å². The highest BCUT2D eigenvalue weighted by Gasteiger charge is 2.21. The second-order valence-electron chi connectivity index (χ2n) is 9.27. The quantitative estimate of drug-likeness (QED) is 0.171. The first-order valence-electron chi connectivity index (χ1n) is 13.4. The van der Waals surface area contributed by atoms with Crippen LogP contribution in [0.25, 0.3) is 0 Å². The Morgan fingerprint density at radius 1 is 1.03 bits per heavy atom. The predicted molar refractivity (Wildman–Crippen MR) is 145 cm³/mol. The number of nitrogens with two attached hydrogens (primary N) is 1. The first-order chi connectivity index (χ1) is 18.5. The van der Waals surface area contributed by atoms with Crippen LogP contribution in [0.2, 0.25) is 0 Å². The Morgan fingerprint density at radius 3 is 2.47 bits per heavy atom. The number of nitrogens with zero attached hydrogens (tertiary/aromatic N) is 1. The van der Waals surface area contributed by atoms with E-state index in [-0.39, 0.29) is 30.1 Å². The van der Waals surface area contributed by atoms with Gasteiger partial charge in [0.05, 0.1) is 13.2 Å². The number of carbonyl (C=O) groups is 2. The molecule has 0 aromatic heterocycles. The number of amides is 1. The number of hydrogen-bond acceptors (Lipinski definition) is 8. The van der Waals surface area contributed by atoms with Gasteiger partial charge >= 0.3 is 5.97 Å². The second-order valence-corrected chi connectivity index (χ2v) is 9.27. The topological polar surface area (TPSA) is 121 Å². The van der Waals surface area contributed by atoms with E-state index in [0.29, 0.717) is 56.1 Å². The standard InChI is InChI=1S/C29H39N3O6/c1-3-35-28(33)7-5-6-16-36-26-17-22(29(34)32-24-12-10-23(30)11-13-24)18-27(19-26)38-25-14-8-21(9-15-25)20-31-37-4-2/h8-9,14-15,17-19,23-25H,3-7,10-13,16,30H2,1-2H3,(H,32,34). The summed E-state index contributed by atoms with van der Waals surface area (Å²) in [6.45, 7) is 4.91. The summed E-state index contributed by atoms with van der Waals surface area (Å²) in [5, 5.41) is 6.88. The van der Waals surface area contributed by atoms with E-state index in [1.54, 1.807) is 25.1 Å². The maximum absolute atomic E-state index is 13.1. The lowest BCUT2D eigenvalue weighted by atomic mass is 9.91. The molecule has 0 spiro atoms. The molecule has 1 saturated carbocycles. The van der Waals surface area contributed by atoms with E-state index < -0.39 is 0 Å². The van der Waals surface area contributed by atoms with Gasteiger partial charge in [0, 0.05) is 41.6 Å². The molecule has 1 fully saturated rings. The van der Waals surface area contributed by atoms with Gasteiger partial charge in [-0.25, -0.2) is 0 Å². The smallest absolute Gasteiger partial charge is 0.305 e. The van der Waals surface area contributed by atoms with Crippen LogP contribution in [-0.4, -0.2) is 55.8 Å². The molecule has 9 nitrogen and oxygen atoms in total. The maximum Gasteiger partial charge on any atom is 0.305 e. The van der Waals surface area contributed by atoms with Crippen LogP contribution in [0.3, 0.4) is 0 Å². The van der Waals surface area contributed by atoms with Gasteiger partial charge in [-0.3, -0.25) is 9.59 Å². The van der Waals surface area contributed by atoms with Crippen molar-refractivity contribution in [3.63, 3.8) is 0 Å². The van der Waals surface area contributed by atoms with Gasteiger partial charge in [0.25, 0.3) is 5.91 Å². The summed E-state index contributed by atoms with van der Waals surface area (Å²) in [6.07, 6.45) is 12.3. The zero-order valence-corrected chi connectivity index (χ0v) is 22.3. The fourth-order valence-corrected chi connectivity index (χ4v) is 4.16. The van der Waals surface area contributed by atoms with Crippen molar-refractivity contribution in [2.45, 2.75) is 77.0 Å². The molecule has 1 aromatic rings. The van der Waals surface area contributed by atoms with Crippen molar-refractivity contribution in [2.75, 3.05) is 19.8 Å². The van der Waals surface area contributed by atoms with Crippen LogP contribution in [0, 0.1) is 0 Å². The summed E-state index contributed by atoms with van der Waals surface area (Å²) in [5.74, 6) is 3.47. The molecule has 0 radical (unpaired) electrons. The van der Waals surface area contributed by atoms with E-state index in [9.17, 15) is 9.59 Å². The molecule has 3 N–H and O–H groups in total. The SMILES string of the molecule is CCON=C=C1C=CC(Oc2cc(OCCCCC(=O)OCC)cc(C(=O)NC3CCC(N)CC3)c2)C=C1. The Kier molecular flexibility index (Phi) is 11.9. The van der Waals surface area contributed by atoms with Crippen LogP contribution >= 0.6 is 0 Å². The van der Waals surface area contributed by atoms with Crippen molar-refractivity contribution < 1.29 is 28.6 Å². The van der Waals surface area contributed by atoms with Crippen LogP contribution in [0.4, 0.5) is 0 Å². The van der Waals surface area contributed by atoms with Gasteiger partial charge in [0.15, 0.2) is 0 Å². The van der Waals surface area contributed by atoms with E-state index >= 15 is 0 Å². The monoisotopic (exact) mass is 525 g/mol. The van der Waals surface area contributed by atoms with Crippen LogP contribution in [0.1, 0.15) is 69.2 Å². The third kappa shape index (κ3) is 10.1.